The third kappa shape index (κ3) is 5.01. The minimum Gasteiger partial charge on any atom is -0.489 e. The van der Waals surface area contributed by atoms with Gasteiger partial charge in [-0.2, -0.15) is 18.4 Å². The van der Waals surface area contributed by atoms with Crippen LogP contribution in [0.3, 0.4) is 0 Å². The highest BCUT2D eigenvalue weighted by Crippen LogP contribution is 2.40. The predicted molar refractivity (Wildman–Crippen MR) is 116 cm³/mol. The molecule has 1 aromatic heterocycles. The van der Waals surface area contributed by atoms with E-state index in [4.69, 9.17) is 10.00 Å². The van der Waals surface area contributed by atoms with Gasteiger partial charge >= 0.3 is 6.18 Å². The zero-order chi connectivity index (χ0) is 23.4. The Labute approximate surface area is 187 Å². The summed E-state index contributed by atoms with van der Waals surface area (Å²) in [6.45, 7) is 0.0578. The highest BCUT2D eigenvalue weighted by atomic mass is 19.4. The number of rotatable bonds is 5. The maximum atomic E-state index is 14.1. The smallest absolute Gasteiger partial charge is 0.417 e. The molecule has 4 rings (SSSR count). The molecule has 0 saturated carbocycles. The first kappa shape index (κ1) is 22.0. The van der Waals surface area contributed by atoms with E-state index < -0.39 is 17.6 Å². The third-order valence-corrected chi connectivity index (χ3v) is 5.03. The first-order chi connectivity index (χ1) is 15.8. The monoisotopic (exact) mass is 448 g/mol. The summed E-state index contributed by atoms with van der Waals surface area (Å²) in [5.41, 5.74) is 1.46. The number of nitrogens with zero attached hydrogens (tertiary/aromatic N) is 2. The molecule has 0 unspecified atom stereocenters. The lowest BCUT2D eigenvalue weighted by Gasteiger charge is -2.16. The van der Waals surface area contributed by atoms with E-state index in [1.165, 1.54) is 30.3 Å². The van der Waals surface area contributed by atoms with Crippen LogP contribution in [-0.2, 0) is 12.8 Å². The third-order valence-electron chi connectivity index (χ3n) is 5.03. The first-order valence-corrected chi connectivity index (χ1v) is 9.89. The van der Waals surface area contributed by atoms with Gasteiger partial charge in [0.15, 0.2) is 0 Å². The zero-order valence-electron chi connectivity index (χ0n) is 17.1. The molecule has 33 heavy (non-hydrogen) atoms. The van der Waals surface area contributed by atoms with Gasteiger partial charge in [-0.25, -0.2) is 9.37 Å². The fraction of sp³-hybridized carbons (Fsp3) is 0.0769. The summed E-state index contributed by atoms with van der Waals surface area (Å²) in [6, 6.07) is 21.5. The van der Waals surface area contributed by atoms with Crippen molar-refractivity contribution < 1.29 is 22.3 Å². The lowest BCUT2D eigenvalue weighted by Crippen LogP contribution is -2.08. The molecule has 3 nitrogen and oxygen atoms in total. The van der Waals surface area contributed by atoms with Crippen LogP contribution in [0.5, 0.6) is 5.75 Å². The van der Waals surface area contributed by atoms with Crippen LogP contribution in [0.15, 0.2) is 85.1 Å². The van der Waals surface area contributed by atoms with Gasteiger partial charge in [0, 0.05) is 17.3 Å². The van der Waals surface area contributed by atoms with E-state index in [9.17, 15) is 17.6 Å². The molecule has 7 heteroatoms. The Bertz CT molecular complexity index is 1310. The highest BCUT2D eigenvalue weighted by molar-refractivity contribution is 5.69. The van der Waals surface area contributed by atoms with E-state index >= 15 is 0 Å². The van der Waals surface area contributed by atoms with E-state index in [1.54, 1.807) is 30.5 Å². The number of nitriles is 1. The van der Waals surface area contributed by atoms with Crippen LogP contribution >= 0.6 is 0 Å². The van der Waals surface area contributed by atoms with Crippen LogP contribution in [0.4, 0.5) is 17.6 Å². The molecule has 3 aromatic carbocycles. The van der Waals surface area contributed by atoms with Crippen molar-refractivity contribution >= 4 is 0 Å². The summed E-state index contributed by atoms with van der Waals surface area (Å²) in [4.78, 5) is 4.03. The van der Waals surface area contributed by atoms with Gasteiger partial charge in [-0.3, -0.25) is 0 Å². The molecule has 164 valence electrons. The van der Waals surface area contributed by atoms with E-state index in [1.807, 2.05) is 18.2 Å². The molecule has 0 aliphatic heterocycles. The van der Waals surface area contributed by atoms with Crippen LogP contribution in [-0.4, -0.2) is 4.98 Å². The Kier molecular flexibility index (Phi) is 6.09. The van der Waals surface area contributed by atoms with Gasteiger partial charge in [-0.15, -0.1) is 0 Å². The van der Waals surface area contributed by atoms with E-state index in [0.29, 0.717) is 5.69 Å². The molecule has 0 bridgehead atoms. The second-order valence-electron chi connectivity index (χ2n) is 7.21. The fourth-order valence-electron chi connectivity index (χ4n) is 3.35. The van der Waals surface area contributed by atoms with Gasteiger partial charge < -0.3 is 4.74 Å². The molecule has 0 spiro atoms. The Morgan fingerprint density at radius 1 is 0.848 bits per heavy atom. The summed E-state index contributed by atoms with van der Waals surface area (Å²) in [5.74, 6) is -0.697. The number of ether oxygens (including phenoxy) is 1. The molecular weight excluding hydrogens is 432 g/mol. The summed E-state index contributed by atoms with van der Waals surface area (Å²) < 4.78 is 60.7. The average molecular weight is 448 g/mol. The summed E-state index contributed by atoms with van der Waals surface area (Å²) in [6.07, 6.45) is -3.08. The molecular formula is C26H16F4N2O. The van der Waals surface area contributed by atoms with Crippen molar-refractivity contribution in [2.45, 2.75) is 12.8 Å². The molecule has 1 heterocycles. The van der Waals surface area contributed by atoms with Crippen LogP contribution < -0.4 is 4.74 Å². The molecule has 0 amide bonds. The number of hydrogen-bond donors (Lipinski definition) is 0. The molecule has 0 aliphatic rings. The Hall–Kier alpha value is -4.18. The number of aromatic nitrogens is 1. The summed E-state index contributed by atoms with van der Waals surface area (Å²) >= 11 is 0. The van der Waals surface area contributed by atoms with Crippen LogP contribution in [0.25, 0.3) is 22.3 Å². The van der Waals surface area contributed by atoms with Gasteiger partial charge in [0.2, 0.25) is 0 Å². The quantitative estimate of drug-likeness (QED) is 0.308. The summed E-state index contributed by atoms with van der Waals surface area (Å²) in [7, 11) is 0. The van der Waals surface area contributed by atoms with Gasteiger partial charge in [0.25, 0.3) is 0 Å². The van der Waals surface area contributed by atoms with Gasteiger partial charge in [0.05, 0.1) is 5.56 Å². The number of benzene rings is 3. The number of halogens is 4. The molecule has 0 N–H and O–H groups in total. The van der Waals surface area contributed by atoms with Crippen molar-refractivity contribution in [1.29, 1.82) is 5.26 Å². The van der Waals surface area contributed by atoms with Crippen molar-refractivity contribution in [1.82, 2.24) is 4.98 Å². The molecule has 0 saturated heterocycles. The number of pyridine rings is 1. The first-order valence-electron chi connectivity index (χ1n) is 9.89. The number of alkyl halides is 3. The van der Waals surface area contributed by atoms with Crippen LogP contribution in [0.1, 0.15) is 16.8 Å². The van der Waals surface area contributed by atoms with Crippen molar-refractivity contribution in [2.24, 2.45) is 0 Å². The Balaban J connectivity index is 1.52. The fourth-order valence-corrected chi connectivity index (χ4v) is 3.35. The molecule has 0 radical (unpaired) electrons. The Morgan fingerprint density at radius 2 is 1.58 bits per heavy atom. The van der Waals surface area contributed by atoms with Crippen LogP contribution in [0.2, 0.25) is 0 Å². The van der Waals surface area contributed by atoms with Crippen molar-refractivity contribution in [3.8, 4) is 34.1 Å². The predicted octanol–water partition coefficient (Wildman–Crippen LogP) is 7.02. The Morgan fingerprint density at radius 3 is 2.21 bits per heavy atom. The van der Waals surface area contributed by atoms with Crippen LogP contribution in [0, 0.1) is 17.1 Å². The topological polar surface area (TPSA) is 45.9 Å². The lowest BCUT2D eigenvalue weighted by molar-refractivity contribution is -0.137. The molecule has 0 aliphatic carbocycles. The van der Waals surface area contributed by atoms with Crippen molar-refractivity contribution in [2.75, 3.05) is 0 Å². The highest BCUT2D eigenvalue weighted by Gasteiger charge is 2.34. The van der Waals surface area contributed by atoms with Crippen molar-refractivity contribution in [3.63, 3.8) is 0 Å². The van der Waals surface area contributed by atoms with E-state index in [-0.39, 0.29) is 23.5 Å². The minimum atomic E-state index is -4.67. The zero-order valence-corrected chi connectivity index (χ0v) is 17.1. The average Bonchev–Trinajstić information content (AvgIpc) is 2.83. The maximum absolute atomic E-state index is 14.1. The minimum absolute atomic E-state index is 0.0304. The van der Waals surface area contributed by atoms with Gasteiger partial charge in [0.1, 0.15) is 29.9 Å². The van der Waals surface area contributed by atoms with Crippen molar-refractivity contribution in [3.05, 3.63) is 108 Å². The molecule has 4 aromatic rings. The normalized spacial score (nSPS) is 11.1. The second-order valence-corrected chi connectivity index (χ2v) is 7.21. The van der Waals surface area contributed by atoms with Gasteiger partial charge in [-0.1, -0.05) is 42.5 Å². The second kappa shape index (κ2) is 9.13. The SMILES string of the molecule is N#Cc1ccc(-c2ccc(COc3ccc(-c4ccccc4F)c(C(F)(F)F)c3)cc2)cn1. The van der Waals surface area contributed by atoms with E-state index in [2.05, 4.69) is 4.98 Å². The lowest BCUT2D eigenvalue weighted by atomic mass is 9.98. The van der Waals surface area contributed by atoms with E-state index in [0.717, 1.165) is 28.8 Å². The van der Waals surface area contributed by atoms with Gasteiger partial charge in [-0.05, 0) is 53.1 Å². The number of hydrogen-bond acceptors (Lipinski definition) is 3. The standard InChI is InChI=1S/C26H16F4N2O/c27-25-4-2-1-3-23(25)22-12-11-21(13-24(22)26(28,29)30)33-16-17-5-7-18(8-6-17)19-9-10-20(14-31)32-15-19/h1-13,15H,16H2. The maximum Gasteiger partial charge on any atom is 0.417 e. The molecule has 0 fully saturated rings. The molecule has 0 atom stereocenters. The summed E-state index contributed by atoms with van der Waals surface area (Å²) in [5, 5.41) is 8.83. The largest absolute Gasteiger partial charge is 0.489 e.